The molecule has 2 aromatic rings. The summed E-state index contributed by atoms with van der Waals surface area (Å²) in [5, 5.41) is 21.9. The van der Waals surface area contributed by atoms with Gasteiger partial charge in [0.15, 0.2) is 0 Å². The van der Waals surface area contributed by atoms with E-state index in [4.69, 9.17) is 9.47 Å². The first-order valence-corrected chi connectivity index (χ1v) is 10.7. The van der Waals surface area contributed by atoms with Gasteiger partial charge in [-0.1, -0.05) is 22.6 Å². The van der Waals surface area contributed by atoms with E-state index in [-0.39, 0.29) is 39.6 Å². The molecule has 0 aliphatic rings. The van der Waals surface area contributed by atoms with Crippen LogP contribution in [0, 0.1) is 47.9 Å². The number of nitrogens with zero attached hydrogens (tertiary/aromatic N) is 2. The maximum Gasteiger partial charge on any atom is 0.338 e. The fraction of sp³-hybridized carbons (Fsp3) is 0.333. The number of halogens is 1. The topological polar surface area (TPSA) is 139 Å². The minimum absolute atomic E-state index is 0.0409. The Morgan fingerprint density at radius 1 is 0.781 bits per heavy atom. The molecular formula is C21H21IN2O8. The van der Waals surface area contributed by atoms with E-state index in [1.165, 1.54) is 24.3 Å². The Labute approximate surface area is 197 Å². The van der Waals surface area contributed by atoms with Gasteiger partial charge in [0, 0.05) is 24.3 Å². The highest BCUT2D eigenvalue weighted by Gasteiger charge is 2.22. The van der Waals surface area contributed by atoms with Gasteiger partial charge in [-0.05, 0) is 49.9 Å². The van der Waals surface area contributed by atoms with Crippen molar-refractivity contribution in [1.82, 2.24) is 0 Å². The number of non-ortho nitro benzene ring substituents is 2. The van der Waals surface area contributed by atoms with Crippen molar-refractivity contribution in [1.29, 1.82) is 0 Å². The number of aryl methyl sites for hydroxylation is 4. The molecule has 0 spiro atoms. The molecular weight excluding hydrogens is 535 g/mol. The van der Waals surface area contributed by atoms with Gasteiger partial charge in [-0.3, -0.25) is 20.2 Å². The lowest BCUT2D eigenvalue weighted by atomic mass is 10.0. The first kappa shape index (κ1) is 25.2. The maximum atomic E-state index is 12.4. The highest BCUT2D eigenvalue weighted by atomic mass is 127. The molecule has 0 saturated heterocycles. The summed E-state index contributed by atoms with van der Waals surface area (Å²) in [6.45, 7) is 6.29. The van der Waals surface area contributed by atoms with Gasteiger partial charge in [0.1, 0.15) is 13.2 Å². The average Bonchev–Trinajstić information content (AvgIpc) is 2.69. The minimum Gasteiger partial charge on any atom is -0.461 e. The van der Waals surface area contributed by atoms with Gasteiger partial charge in [0.2, 0.25) is 0 Å². The molecule has 0 saturated carbocycles. The predicted octanol–water partition coefficient (Wildman–Crippen LogP) is 4.55. The van der Waals surface area contributed by atoms with E-state index < -0.39 is 21.8 Å². The molecule has 0 aliphatic heterocycles. The number of esters is 2. The Morgan fingerprint density at radius 2 is 1.06 bits per heavy atom. The summed E-state index contributed by atoms with van der Waals surface area (Å²) in [4.78, 5) is 45.7. The lowest BCUT2D eigenvalue weighted by Crippen LogP contribution is -2.22. The van der Waals surface area contributed by atoms with Crippen LogP contribution < -0.4 is 0 Å². The molecule has 0 heterocycles. The van der Waals surface area contributed by atoms with Crippen LogP contribution in [0.25, 0.3) is 0 Å². The quantitative estimate of drug-likeness (QED) is 0.152. The predicted molar refractivity (Wildman–Crippen MR) is 124 cm³/mol. The van der Waals surface area contributed by atoms with Crippen molar-refractivity contribution in [2.24, 2.45) is 0 Å². The molecule has 10 nitrogen and oxygen atoms in total. The SMILES string of the molecule is Cc1cc([N+](=O)[O-])cc(C)c1C(=O)OCC(I)COC(=O)c1c(C)cc([N+](=O)[O-])cc1C. The van der Waals surface area contributed by atoms with Gasteiger partial charge in [0.25, 0.3) is 11.4 Å². The van der Waals surface area contributed by atoms with E-state index in [1.807, 2.05) is 22.6 Å². The lowest BCUT2D eigenvalue weighted by Gasteiger charge is -2.14. The Kier molecular flexibility index (Phi) is 8.25. The number of nitro benzene ring substituents is 2. The largest absolute Gasteiger partial charge is 0.461 e. The summed E-state index contributed by atoms with van der Waals surface area (Å²) in [6, 6.07) is 5.23. The number of hydrogen-bond donors (Lipinski definition) is 0. The van der Waals surface area contributed by atoms with Gasteiger partial charge >= 0.3 is 11.9 Å². The van der Waals surface area contributed by atoms with E-state index in [0.29, 0.717) is 22.3 Å². The third-order valence-electron chi connectivity index (χ3n) is 4.66. The molecule has 0 N–H and O–H groups in total. The van der Waals surface area contributed by atoms with Crippen LogP contribution in [0.4, 0.5) is 11.4 Å². The van der Waals surface area contributed by atoms with Gasteiger partial charge in [-0.2, -0.15) is 0 Å². The van der Waals surface area contributed by atoms with Crippen molar-refractivity contribution in [2.75, 3.05) is 13.2 Å². The summed E-state index contributed by atoms with van der Waals surface area (Å²) in [5.74, 6) is -1.24. The van der Waals surface area contributed by atoms with Crippen LogP contribution in [0.15, 0.2) is 24.3 Å². The molecule has 0 aromatic heterocycles. The Bertz CT molecular complexity index is 968. The molecule has 2 aromatic carbocycles. The zero-order chi connectivity index (χ0) is 24.2. The molecule has 0 aliphatic carbocycles. The van der Waals surface area contributed by atoms with Crippen molar-refractivity contribution in [2.45, 2.75) is 31.6 Å². The summed E-state index contributed by atoms with van der Waals surface area (Å²) in [7, 11) is 0. The molecule has 0 amide bonds. The van der Waals surface area contributed by atoms with Crippen LogP contribution in [-0.2, 0) is 9.47 Å². The first-order valence-electron chi connectivity index (χ1n) is 9.42. The fourth-order valence-corrected chi connectivity index (χ4v) is 3.62. The summed E-state index contributed by atoms with van der Waals surface area (Å²) < 4.78 is 10.2. The maximum absolute atomic E-state index is 12.4. The van der Waals surface area contributed by atoms with Crippen LogP contribution in [0.3, 0.4) is 0 Å². The molecule has 0 fully saturated rings. The number of alkyl halides is 1. The van der Waals surface area contributed by atoms with Crippen molar-refractivity contribution in [3.63, 3.8) is 0 Å². The molecule has 0 radical (unpaired) electrons. The van der Waals surface area contributed by atoms with E-state index in [0.717, 1.165) is 0 Å². The highest BCUT2D eigenvalue weighted by molar-refractivity contribution is 14.1. The monoisotopic (exact) mass is 556 g/mol. The number of benzene rings is 2. The number of ether oxygens (including phenoxy) is 2. The van der Waals surface area contributed by atoms with Crippen molar-refractivity contribution < 1.29 is 28.9 Å². The second-order valence-electron chi connectivity index (χ2n) is 7.22. The van der Waals surface area contributed by atoms with Crippen molar-refractivity contribution in [3.05, 3.63) is 77.9 Å². The van der Waals surface area contributed by atoms with Gasteiger partial charge in [0.05, 0.1) is 24.9 Å². The summed E-state index contributed by atoms with van der Waals surface area (Å²) in [6.07, 6.45) is 0. The van der Waals surface area contributed by atoms with Crippen LogP contribution >= 0.6 is 22.6 Å². The molecule has 2 rings (SSSR count). The molecule has 0 bridgehead atoms. The Morgan fingerprint density at radius 3 is 1.31 bits per heavy atom. The lowest BCUT2D eigenvalue weighted by molar-refractivity contribution is -0.385. The Balaban J connectivity index is 1.98. The molecule has 0 unspecified atom stereocenters. The fourth-order valence-electron chi connectivity index (χ4n) is 3.26. The van der Waals surface area contributed by atoms with E-state index in [2.05, 4.69) is 0 Å². The van der Waals surface area contributed by atoms with E-state index in [1.54, 1.807) is 27.7 Å². The van der Waals surface area contributed by atoms with Crippen LogP contribution in [0.1, 0.15) is 43.0 Å². The van der Waals surface area contributed by atoms with Gasteiger partial charge in [-0.25, -0.2) is 9.59 Å². The minimum atomic E-state index is -0.620. The van der Waals surface area contributed by atoms with Gasteiger partial charge < -0.3 is 9.47 Å². The molecule has 170 valence electrons. The van der Waals surface area contributed by atoms with Crippen molar-refractivity contribution in [3.8, 4) is 0 Å². The Hall–Kier alpha value is -3.09. The smallest absolute Gasteiger partial charge is 0.338 e. The molecule has 0 atom stereocenters. The molecule has 11 heteroatoms. The zero-order valence-electron chi connectivity index (χ0n) is 17.8. The second-order valence-corrected chi connectivity index (χ2v) is 8.98. The summed E-state index contributed by atoms with van der Waals surface area (Å²) in [5.41, 5.74) is 2.04. The second kappa shape index (κ2) is 10.5. The van der Waals surface area contributed by atoms with Crippen molar-refractivity contribution >= 4 is 45.9 Å². The third kappa shape index (κ3) is 5.99. The van der Waals surface area contributed by atoms with Crippen LogP contribution in [-0.4, -0.2) is 38.9 Å². The number of hydrogen-bond acceptors (Lipinski definition) is 8. The number of carbonyl (C=O) groups is 2. The average molecular weight is 556 g/mol. The third-order valence-corrected chi connectivity index (χ3v) is 5.37. The first-order chi connectivity index (χ1) is 14.9. The number of carbonyl (C=O) groups excluding carboxylic acids is 2. The zero-order valence-corrected chi connectivity index (χ0v) is 20.0. The molecule has 32 heavy (non-hydrogen) atoms. The summed E-state index contributed by atoms with van der Waals surface area (Å²) >= 11 is 1.98. The highest BCUT2D eigenvalue weighted by Crippen LogP contribution is 2.24. The normalized spacial score (nSPS) is 10.7. The van der Waals surface area contributed by atoms with E-state index >= 15 is 0 Å². The van der Waals surface area contributed by atoms with Crippen LogP contribution in [0.2, 0.25) is 0 Å². The van der Waals surface area contributed by atoms with Crippen LogP contribution in [0.5, 0.6) is 0 Å². The number of rotatable bonds is 8. The standard InChI is InChI=1S/C21H21IN2O8/c1-11-5-16(23(27)28)6-12(2)18(11)20(25)31-9-15(22)10-32-21(26)19-13(3)7-17(24(29)30)8-14(19)4/h5-8,15H,9-10H2,1-4H3. The number of nitro groups is 2. The van der Waals surface area contributed by atoms with E-state index in [9.17, 15) is 29.8 Å². The van der Waals surface area contributed by atoms with Gasteiger partial charge in [-0.15, -0.1) is 0 Å².